The summed E-state index contributed by atoms with van der Waals surface area (Å²) in [5.74, 6) is 6.20. The minimum atomic E-state index is -0.222. The number of aromatic nitrogens is 2. The highest BCUT2D eigenvalue weighted by atomic mass is 32.2. The molecule has 0 radical (unpaired) electrons. The average Bonchev–Trinajstić information content (AvgIpc) is 2.29. The largest absolute Gasteiger partial charge is 0.350 e. The van der Waals surface area contributed by atoms with E-state index < -0.39 is 0 Å². The first kappa shape index (κ1) is 11.7. The minimum absolute atomic E-state index is 0.222. The van der Waals surface area contributed by atoms with Crippen LogP contribution in [0.3, 0.4) is 0 Å². The van der Waals surface area contributed by atoms with Crippen LogP contribution >= 0.6 is 11.8 Å². The lowest BCUT2D eigenvalue weighted by Gasteiger charge is -2.03. The number of rotatable bonds is 5. The Labute approximate surface area is 92.0 Å². The molecule has 7 heteroatoms. The maximum atomic E-state index is 11.4. The highest BCUT2D eigenvalue weighted by Gasteiger charge is 2.06. The van der Waals surface area contributed by atoms with Gasteiger partial charge in [0.2, 0.25) is 0 Å². The third-order valence-corrected chi connectivity index (χ3v) is 2.25. The molecule has 1 rings (SSSR count). The van der Waals surface area contributed by atoms with Crippen LogP contribution in [0.25, 0.3) is 0 Å². The van der Waals surface area contributed by atoms with E-state index in [2.05, 4.69) is 20.9 Å². The summed E-state index contributed by atoms with van der Waals surface area (Å²) in [5, 5.41) is 10.1. The zero-order chi connectivity index (χ0) is 11.1. The van der Waals surface area contributed by atoms with Gasteiger partial charge in [-0.05, 0) is 18.4 Å². The highest BCUT2D eigenvalue weighted by Crippen LogP contribution is 1.99. The molecule has 0 atom stereocenters. The number of hydrogen-bond donors (Lipinski definition) is 3. The van der Waals surface area contributed by atoms with Crippen LogP contribution in [0.5, 0.6) is 0 Å². The van der Waals surface area contributed by atoms with Crippen LogP contribution in [0, 0.1) is 0 Å². The second-order valence-electron chi connectivity index (χ2n) is 2.70. The van der Waals surface area contributed by atoms with Gasteiger partial charge in [-0.3, -0.25) is 4.79 Å². The van der Waals surface area contributed by atoms with Gasteiger partial charge in [0.25, 0.3) is 5.91 Å². The Morgan fingerprint density at radius 2 is 2.33 bits per heavy atom. The van der Waals surface area contributed by atoms with Crippen molar-refractivity contribution in [3.8, 4) is 0 Å². The van der Waals surface area contributed by atoms with Crippen molar-refractivity contribution >= 4 is 23.5 Å². The number of hydrazine groups is 1. The molecule has 0 unspecified atom stereocenters. The molecule has 1 aromatic rings. The Bertz CT molecular complexity index is 315. The van der Waals surface area contributed by atoms with Crippen molar-refractivity contribution in [1.82, 2.24) is 15.5 Å². The molecule has 1 aromatic heterocycles. The van der Waals surface area contributed by atoms with E-state index in [-0.39, 0.29) is 11.6 Å². The van der Waals surface area contributed by atoms with Crippen LogP contribution in [0.2, 0.25) is 0 Å². The standard InChI is InChI=1S/C8H13N5OS/c1-15-5-4-10-8(14)6-2-3-7(11-9)13-12-6/h2-3H,4-5,9H2,1H3,(H,10,14)(H,11,13). The molecule has 82 valence electrons. The number of nitrogen functional groups attached to an aromatic ring is 1. The van der Waals surface area contributed by atoms with Crippen LogP contribution in [-0.2, 0) is 0 Å². The van der Waals surface area contributed by atoms with Gasteiger partial charge in [-0.15, -0.1) is 10.2 Å². The van der Waals surface area contributed by atoms with Crippen molar-refractivity contribution in [2.75, 3.05) is 24.0 Å². The minimum Gasteiger partial charge on any atom is -0.350 e. The van der Waals surface area contributed by atoms with Gasteiger partial charge in [0.05, 0.1) is 0 Å². The Balaban J connectivity index is 2.50. The fraction of sp³-hybridized carbons (Fsp3) is 0.375. The summed E-state index contributed by atoms with van der Waals surface area (Å²) < 4.78 is 0. The monoisotopic (exact) mass is 227 g/mol. The van der Waals surface area contributed by atoms with Crippen LogP contribution in [0.4, 0.5) is 5.82 Å². The number of nitrogens with one attached hydrogen (secondary N) is 2. The molecule has 4 N–H and O–H groups in total. The van der Waals surface area contributed by atoms with Crippen molar-refractivity contribution in [3.63, 3.8) is 0 Å². The number of carbonyl (C=O) groups excluding carboxylic acids is 1. The third kappa shape index (κ3) is 3.72. The molecule has 0 aromatic carbocycles. The van der Waals surface area contributed by atoms with E-state index in [4.69, 9.17) is 5.84 Å². The summed E-state index contributed by atoms with van der Waals surface area (Å²) in [6.07, 6.45) is 1.98. The Morgan fingerprint density at radius 1 is 1.53 bits per heavy atom. The molecule has 0 bridgehead atoms. The van der Waals surface area contributed by atoms with Gasteiger partial charge in [0, 0.05) is 12.3 Å². The normalized spacial score (nSPS) is 9.73. The van der Waals surface area contributed by atoms with Crippen molar-refractivity contribution in [3.05, 3.63) is 17.8 Å². The van der Waals surface area contributed by atoms with Gasteiger partial charge < -0.3 is 10.7 Å². The summed E-state index contributed by atoms with van der Waals surface area (Å²) in [6.45, 7) is 0.624. The van der Waals surface area contributed by atoms with Gasteiger partial charge >= 0.3 is 0 Å². The van der Waals surface area contributed by atoms with E-state index in [1.54, 1.807) is 23.9 Å². The van der Waals surface area contributed by atoms with Gasteiger partial charge in [-0.1, -0.05) is 0 Å². The second-order valence-corrected chi connectivity index (χ2v) is 3.68. The van der Waals surface area contributed by atoms with E-state index in [0.717, 1.165) is 5.75 Å². The van der Waals surface area contributed by atoms with Crippen molar-refractivity contribution < 1.29 is 4.79 Å². The SMILES string of the molecule is CSCCNC(=O)c1ccc(NN)nn1. The zero-order valence-corrected chi connectivity index (χ0v) is 9.17. The maximum absolute atomic E-state index is 11.4. The van der Waals surface area contributed by atoms with Crippen LogP contribution in [0.1, 0.15) is 10.5 Å². The number of hydrogen-bond acceptors (Lipinski definition) is 6. The van der Waals surface area contributed by atoms with Crippen molar-refractivity contribution in [1.29, 1.82) is 0 Å². The molecule has 0 aliphatic rings. The molecule has 1 amide bonds. The molecular formula is C8H13N5OS. The number of thioether (sulfide) groups is 1. The highest BCUT2D eigenvalue weighted by molar-refractivity contribution is 7.98. The predicted octanol–water partition coefficient (Wildman–Crippen LogP) is -0.145. The number of amides is 1. The van der Waals surface area contributed by atoms with Gasteiger partial charge in [0.15, 0.2) is 11.5 Å². The van der Waals surface area contributed by atoms with Gasteiger partial charge in [-0.25, -0.2) is 5.84 Å². The molecule has 0 fully saturated rings. The number of carbonyl (C=O) groups is 1. The summed E-state index contributed by atoms with van der Waals surface area (Å²) in [7, 11) is 0. The molecule has 0 aliphatic heterocycles. The fourth-order valence-corrected chi connectivity index (χ4v) is 1.19. The van der Waals surface area contributed by atoms with E-state index in [1.807, 2.05) is 6.26 Å². The van der Waals surface area contributed by atoms with Crippen molar-refractivity contribution in [2.24, 2.45) is 5.84 Å². The number of nitrogens with two attached hydrogens (primary N) is 1. The molecule has 15 heavy (non-hydrogen) atoms. The summed E-state index contributed by atoms with van der Waals surface area (Å²) in [4.78, 5) is 11.4. The fourth-order valence-electron chi connectivity index (χ4n) is 0.888. The number of nitrogens with zero attached hydrogens (tertiary/aromatic N) is 2. The molecule has 0 spiro atoms. The smallest absolute Gasteiger partial charge is 0.271 e. The quantitative estimate of drug-likeness (QED) is 0.368. The zero-order valence-electron chi connectivity index (χ0n) is 8.36. The Morgan fingerprint density at radius 3 is 2.87 bits per heavy atom. The number of anilines is 1. The van der Waals surface area contributed by atoms with Crippen molar-refractivity contribution in [2.45, 2.75) is 0 Å². The molecule has 0 saturated heterocycles. The molecule has 6 nitrogen and oxygen atoms in total. The van der Waals surface area contributed by atoms with Gasteiger partial charge in [-0.2, -0.15) is 11.8 Å². The molecule has 0 aliphatic carbocycles. The lowest BCUT2D eigenvalue weighted by Crippen LogP contribution is -2.27. The molecule has 1 heterocycles. The van der Waals surface area contributed by atoms with E-state index >= 15 is 0 Å². The lowest BCUT2D eigenvalue weighted by atomic mass is 10.3. The Hall–Kier alpha value is -1.34. The molecule has 0 saturated carbocycles. The third-order valence-electron chi connectivity index (χ3n) is 1.64. The van der Waals surface area contributed by atoms with E-state index in [0.29, 0.717) is 12.4 Å². The lowest BCUT2D eigenvalue weighted by molar-refractivity contribution is 0.0950. The van der Waals surface area contributed by atoms with E-state index in [9.17, 15) is 4.79 Å². The predicted molar refractivity (Wildman–Crippen MR) is 60.6 cm³/mol. The summed E-state index contributed by atoms with van der Waals surface area (Å²) in [6, 6.07) is 3.16. The average molecular weight is 227 g/mol. The molecular weight excluding hydrogens is 214 g/mol. The topological polar surface area (TPSA) is 92.9 Å². The maximum Gasteiger partial charge on any atom is 0.271 e. The second kappa shape index (κ2) is 6.20. The Kier molecular flexibility index (Phi) is 4.85. The van der Waals surface area contributed by atoms with Crippen LogP contribution in [-0.4, -0.2) is 34.7 Å². The van der Waals surface area contributed by atoms with Gasteiger partial charge in [0.1, 0.15) is 0 Å². The summed E-state index contributed by atoms with van der Waals surface area (Å²) >= 11 is 1.67. The first-order valence-corrected chi connectivity index (χ1v) is 5.75. The van der Waals surface area contributed by atoms with Crippen LogP contribution < -0.4 is 16.6 Å². The first-order valence-electron chi connectivity index (χ1n) is 4.35. The summed E-state index contributed by atoms with van der Waals surface area (Å²) in [5.41, 5.74) is 2.62. The first-order chi connectivity index (χ1) is 7.27. The van der Waals surface area contributed by atoms with E-state index in [1.165, 1.54) is 0 Å². The van der Waals surface area contributed by atoms with Crippen LogP contribution in [0.15, 0.2) is 12.1 Å².